The zero-order chi connectivity index (χ0) is 7.68. The first-order valence-corrected chi connectivity index (χ1v) is 3.13. The van der Waals surface area contributed by atoms with E-state index >= 15 is 0 Å². The molecule has 0 saturated heterocycles. The molecule has 0 fully saturated rings. The number of ether oxygens (including phenoxy) is 2. The van der Waals surface area contributed by atoms with Crippen molar-refractivity contribution in [2.24, 2.45) is 5.84 Å². The van der Waals surface area contributed by atoms with Crippen LogP contribution in [-0.4, -0.2) is 11.8 Å². The molecule has 1 aliphatic heterocycles. The zero-order valence-electron chi connectivity index (χ0n) is 5.70. The van der Waals surface area contributed by atoms with Crippen molar-refractivity contribution in [2.75, 3.05) is 12.2 Å². The fourth-order valence-corrected chi connectivity index (χ4v) is 0.929. The summed E-state index contributed by atoms with van der Waals surface area (Å²) in [5.41, 5.74) is 3.17. The molecule has 0 aliphatic carbocycles. The van der Waals surface area contributed by atoms with Crippen LogP contribution in [0, 0.1) is 0 Å². The minimum Gasteiger partial charge on any atom is -0.449 e. The largest absolute Gasteiger partial charge is 0.449 e. The van der Waals surface area contributed by atoms with E-state index in [1.54, 1.807) is 12.3 Å². The van der Waals surface area contributed by atoms with E-state index in [1.165, 1.54) is 0 Å². The Labute approximate surface area is 63.1 Å². The molecule has 5 nitrogen and oxygen atoms in total. The first-order valence-electron chi connectivity index (χ1n) is 3.13. The summed E-state index contributed by atoms with van der Waals surface area (Å²) in [6.45, 7) is 0.209. The van der Waals surface area contributed by atoms with Crippen LogP contribution in [0.3, 0.4) is 0 Å². The summed E-state index contributed by atoms with van der Waals surface area (Å²) in [7, 11) is 0. The van der Waals surface area contributed by atoms with Crippen LogP contribution in [0.4, 0.5) is 5.69 Å². The number of fused-ring (bicyclic) bond motifs is 1. The van der Waals surface area contributed by atoms with Crippen LogP contribution in [-0.2, 0) is 0 Å². The Morgan fingerprint density at radius 2 is 2.45 bits per heavy atom. The molecule has 0 atom stereocenters. The van der Waals surface area contributed by atoms with Crippen molar-refractivity contribution in [3.05, 3.63) is 12.3 Å². The minimum absolute atomic E-state index is 0.209. The fraction of sp³-hybridized carbons (Fsp3) is 0.167. The summed E-state index contributed by atoms with van der Waals surface area (Å²) in [6.07, 6.45) is 1.60. The molecule has 1 aromatic heterocycles. The number of nitrogens with one attached hydrogen (secondary N) is 1. The number of nitrogens with two attached hydrogens (primary N) is 1. The Morgan fingerprint density at radius 1 is 1.55 bits per heavy atom. The van der Waals surface area contributed by atoms with Crippen LogP contribution < -0.4 is 20.7 Å². The van der Waals surface area contributed by atoms with Gasteiger partial charge in [-0.2, -0.15) is 0 Å². The standard InChI is InChI=1S/C6H7N3O2/c7-9-4-1-2-8-6-5(4)10-3-11-6/h1-2H,3,7H2,(H,8,9). The molecular weight excluding hydrogens is 146 g/mol. The van der Waals surface area contributed by atoms with Crippen molar-refractivity contribution in [3.8, 4) is 11.6 Å². The second-order valence-electron chi connectivity index (χ2n) is 2.04. The maximum atomic E-state index is 5.21. The highest BCUT2D eigenvalue weighted by atomic mass is 16.7. The molecule has 1 aliphatic rings. The number of anilines is 1. The molecule has 2 heterocycles. The zero-order valence-corrected chi connectivity index (χ0v) is 5.70. The lowest BCUT2D eigenvalue weighted by atomic mass is 10.4. The Hall–Kier alpha value is -1.49. The molecule has 3 N–H and O–H groups in total. The molecule has 58 valence electrons. The number of hydrogen-bond acceptors (Lipinski definition) is 5. The molecule has 0 unspecified atom stereocenters. The Balaban J connectivity index is 2.50. The number of rotatable bonds is 1. The molecule has 0 radical (unpaired) electrons. The van der Waals surface area contributed by atoms with Crippen LogP contribution in [0.5, 0.6) is 11.6 Å². The maximum absolute atomic E-state index is 5.21. The van der Waals surface area contributed by atoms with Crippen molar-refractivity contribution in [2.45, 2.75) is 0 Å². The van der Waals surface area contributed by atoms with Crippen molar-refractivity contribution < 1.29 is 9.47 Å². The first-order chi connectivity index (χ1) is 5.42. The van der Waals surface area contributed by atoms with Gasteiger partial charge in [0.2, 0.25) is 12.5 Å². The Kier molecular flexibility index (Phi) is 1.29. The van der Waals surface area contributed by atoms with Crippen molar-refractivity contribution >= 4 is 5.69 Å². The van der Waals surface area contributed by atoms with Crippen molar-refractivity contribution in [3.63, 3.8) is 0 Å². The molecule has 0 saturated carbocycles. The number of hydrogen-bond donors (Lipinski definition) is 2. The molecule has 1 aromatic rings. The first kappa shape index (κ1) is 6.23. The van der Waals surface area contributed by atoms with Crippen LogP contribution >= 0.6 is 0 Å². The second-order valence-corrected chi connectivity index (χ2v) is 2.04. The van der Waals surface area contributed by atoms with Crippen LogP contribution in [0.15, 0.2) is 12.3 Å². The molecule has 11 heavy (non-hydrogen) atoms. The van der Waals surface area contributed by atoms with Crippen LogP contribution in [0.2, 0.25) is 0 Å². The molecule has 0 aromatic carbocycles. The van der Waals surface area contributed by atoms with E-state index in [0.29, 0.717) is 17.3 Å². The lowest BCUT2D eigenvalue weighted by molar-refractivity contribution is 0.171. The highest BCUT2D eigenvalue weighted by molar-refractivity contribution is 5.60. The quantitative estimate of drug-likeness (QED) is 0.442. The topological polar surface area (TPSA) is 69.4 Å². The monoisotopic (exact) mass is 153 g/mol. The van der Waals surface area contributed by atoms with Gasteiger partial charge in [0.05, 0.1) is 5.69 Å². The Morgan fingerprint density at radius 3 is 3.27 bits per heavy atom. The fourth-order valence-electron chi connectivity index (χ4n) is 0.929. The third-order valence-electron chi connectivity index (χ3n) is 1.43. The molecular formula is C6H7N3O2. The van der Waals surface area contributed by atoms with Gasteiger partial charge >= 0.3 is 0 Å². The number of aromatic nitrogens is 1. The highest BCUT2D eigenvalue weighted by Crippen LogP contribution is 2.35. The molecule has 5 heteroatoms. The smallest absolute Gasteiger partial charge is 0.262 e. The van der Waals surface area contributed by atoms with E-state index < -0.39 is 0 Å². The average Bonchev–Trinajstić information content (AvgIpc) is 2.50. The maximum Gasteiger partial charge on any atom is 0.262 e. The highest BCUT2D eigenvalue weighted by Gasteiger charge is 2.17. The van der Waals surface area contributed by atoms with E-state index in [1.807, 2.05) is 0 Å². The number of pyridine rings is 1. The Bertz CT molecular complexity index is 277. The summed E-state index contributed by atoms with van der Waals surface area (Å²) in [4.78, 5) is 3.93. The predicted molar refractivity (Wildman–Crippen MR) is 38.2 cm³/mol. The van der Waals surface area contributed by atoms with E-state index in [9.17, 15) is 0 Å². The summed E-state index contributed by atoms with van der Waals surface area (Å²) >= 11 is 0. The van der Waals surface area contributed by atoms with Gasteiger partial charge < -0.3 is 14.9 Å². The number of nitrogen functional groups attached to an aromatic ring is 1. The predicted octanol–water partition coefficient (Wildman–Crippen LogP) is 0.0959. The van der Waals surface area contributed by atoms with Gasteiger partial charge in [-0.05, 0) is 6.07 Å². The number of nitrogens with zero attached hydrogens (tertiary/aromatic N) is 1. The van der Waals surface area contributed by atoms with Crippen molar-refractivity contribution in [1.29, 1.82) is 0 Å². The van der Waals surface area contributed by atoms with Gasteiger partial charge in [-0.1, -0.05) is 0 Å². The van der Waals surface area contributed by atoms with E-state index in [2.05, 4.69) is 10.4 Å². The third-order valence-corrected chi connectivity index (χ3v) is 1.43. The molecule has 0 amide bonds. The van der Waals surface area contributed by atoms with Gasteiger partial charge in [0.15, 0.2) is 0 Å². The SMILES string of the molecule is NNc1ccnc2c1OCO2. The summed E-state index contributed by atoms with van der Waals surface area (Å²) < 4.78 is 10.1. The van der Waals surface area contributed by atoms with Gasteiger partial charge in [0.1, 0.15) is 0 Å². The van der Waals surface area contributed by atoms with Gasteiger partial charge in [-0.25, -0.2) is 4.98 Å². The van der Waals surface area contributed by atoms with Crippen LogP contribution in [0.1, 0.15) is 0 Å². The second kappa shape index (κ2) is 2.28. The summed E-state index contributed by atoms with van der Waals surface area (Å²) in [5.74, 6) is 6.27. The van der Waals surface area contributed by atoms with E-state index in [0.717, 1.165) is 0 Å². The third kappa shape index (κ3) is 0.857. The van der Waals surface area contributed by atoms with Crippen molar-refractivity contribution in [1.82, 2.24) is 4.98 Å². The van der Waals surface area contributed by atoms with E-state index in [-0.39, 0.29) is 6.79 Å². The van der Waals surface area contributed by atoms with E-state index in [4.69, 9.17) is 15.3 Å². The summed E-state index contributed by atoms with van der Waals surface area (Å²) in [6, 6.07) is 1.72. The average molecular weight is 153 g/mol. The lowest BCUT2D eigenvalue weighted by Gasteiger charge is -2.01. The van der Waals surface area contributed by atoms with Crippen LogP contribution in [0.25, 0.3) is 0 Å². The molecule has 2 rings (SSSR count). The minimum atomic E-state index is 0.209. The van der Waals surface area contributed by atoms with Gasteiger partial charge in [-0.15, -0.1) is 0 Å². The lowest BCUT2D eigenvalue weighted by Crippen LogP contribution is -2.07. The normalized spacial score (nSPS) is 13.2. The van der Waals surface area contributed by atoms with Gasteiger partial charge in [-0.3, -0.25) is 5.84 Å². The van der Waals surface area contributed by atoms with Gasteiger partial charge in [0, 0.05) is 6.20 Å². The number of hydrazine groups is 1. The summed E-state index contributed by atoms with van der Waals surface area (Å²) in [5, 5.41) is 0. The molecule has 0 spiro atoms. The van der Waals surface area contributed by atoms with Gasteiger partial charge in [0.25, 0.3) is 5.88 Å². The molecule has 0 bridgehead atoms.